The Bertz CT molecular complexity index is 919. The second-order valence-corrected chi connectivity index (χ2v) is 10.3. The summed E-state index contributed by atoms with van der Waals surface area (Å²) in [6.45, 7) is 6.56. The van der Waals surface area contributed by atoms with Gasteiger partial charge in [0.15, 0.2) is 0 Å². The Morgan fingerprint density at radius 2 is 1.96 bits per heavy atom. The van der Waals surface area contributed by atoms with Gasteiger partial charge in [-0.15, -0.1) is 11.3 Å². The summed E-state index contributed by atoms with van der Waals surface area (Å²) in [4.78, 5) is 13.7. The van der Waals surface area contributed by atoms with Crippen molar-refractivity contribution in [2.75, 3.05) is 18.4 Å². The number of nitrogens with one attached hydrogen (secondary N) is 1. The Hall–Kier alpha value is -1.70. The van der Waals surface area contributed by atoms with Gasteiger partial charge in [-0.3, -0.25) is 4.79 Å². The lowest BCUT2D eigenvalue weighted by molar-refractivity contribution is -0.120. The third kappa shape index (κ3) is 3.84. The minimum Gasteiger partial charge on any atom is -0.326 e. The molecule has 1 atom stereocenters. The first-order valence-corrected chi connectivity index (χ1v) is 11.0. The predicted molar refractivity (Wildman–Crippen MR) is 105 cm³/mol. The molecule has 2 aromatic rings. The summed E-state index contributed by atoms with van der Waals surface area (Å²) < 4.78 is 27.5. The van der Waals surface area contributed by atoms with Gasteiger partial charge in [-0.2, -0.15) is 4.31 Å². The molecule has 0 aliphatic carbocycles. The molecule has 1 aliphatic rings. The molecular weight excluding hydrogens is 368 g/mol. The molecule has 3 rings (SSSR count). The standard InChI is InChI=1S/C19H24N2O3S2/c1-13-6-4-8-17(15(13)3)20-19(22)16-7-5-11-21(12-16)26(23,24)18-10-9-14(2)25-18/h4,6,8-10,16H,5,7,11-12H2,1-3H3,(H,20,22)/t16-/m0/s1. The molecule has 1 aromatic heterocycles. The molecule has 5 nitrogen and oxygen atoms in total. The predicted octanol–water partition coefficient (Wildman–Crippen LogP) is 3.71. The van der Waals surface area contributed by atoms with Crippen molar-refractivity contribution in [3.05, 3.63) is 46.3 Å². The SMILES string of the molecule is Cc1ccc(S(=O)(=O)N2CCC[C@H](C(=O)Nc3cccc(C)c3C)C2)s1. The van der Waals surface area contributed by atoms with E-state index in [1.165, 1.54) is 15.6 Å². The van der Waals surface area contributed by atoms with Gasteiger partial charge in [0.05, 0.1) is 5.92 Å². The van der Waals surface area contributed by atoms with Crippen molar-refractivity contribution in [2.24, 2.45) is 5.92 Å². The van der Waals surface area contributed by atoms with Crippen LogP contribution in [0.15, 0.2) is 34.5 Å². The number of rotatable bonds is 4. The van der Waals surface area contributed by atoms with E-state index in [-0.39, 0.29) is 18.4 Å². The van der Waals surface area contributed by atoms with Crippen molar-refractivity contribution < 1.29 is 13.2 Å². The van der Waals surface area contributed by atoms with Crippen LogP contribution in [-0.2, 0) is 14.8 Å². The van der Waals surface area contributed by atoms with Gasteiger partial charge in [-0.1, -0.05) is 12.1 Å². The van der Waals surface area contributed by atoms with Gasteiger partial charge in [-0.05, 0) is 62.9 Å². The number of piperidine rings is 1. The van der Waals surface area contributed by atoms with E-state index in [9.17, 15) is 13.2 Å². The highest BCUT2D eigenvalue weighted by Crippen LogP contribution is 2.29. The number of carbonyl (C=O) groups is 1. The Kier molecular flexibility index (Phi) is 5.50. The molecule has 2 heterocycles. The first-order chi connectivity index (χ1) is 12.3. The van der Waals surface area contributed by atoms with E-state index in [4.69, 9.17) is 0 Å². The average molecular weight is 393 g/mol. The highest BCUT2D eigenvalue weighted by Gasteiger charge is 2.34. The third-order valence-corrected chi connectivity index (χ3v) is 8.26. The van der Waals surface area contributed by atoms with E-state index in [0.717, 1.165) is 21.7 Å². The van der Waals surface area contributed by atoms with Crippen molar-refractivity contribution in [2.45, 2.75) is 37.8 Å². The Morgan fingerprint density at radius 1 is 1.19 bits per heavy atom. The molecule has 1 aliphatic heterocycles. The molecule has 1 N–H and O–H groups in total. The molecule has 1 fully saturated rings. The summed E-state index contributed by atoms with van der Waals surface area (Å²) in [6, 6.07) is 9.25. The van der Waals surface area contributed by atoms with E-state index >= 15 is 0 Å². The number of nitrogens with zero attached hydrogens (tertiary/aromatic N) is 1. The lowest BCUT2D eigenvalue weighted by Crippen LogP contribution is -2.43. The molecule has 1 saturated heterocycles. The van der Waals surface area contributed by atoms with Gasteiger partial charge in [0.2, 0.25) is 5.91 Å². The highest BCUT2D eigenvalue weighted by molar-refractivity contribution is 7.91. The fraction of sp³-hybridized carbons (Fsp3) is 0.421. The average Bonchev–Trinajstić information content (AvgIpc) is 3.06. The van der Waals surface area contributed by atoms with Crippen molar-refractivity contribution in [3.8, 4) is 0 Å². The fourth-order valence-electron chi connectivity index (χ4n) is 3.17. The van der Waals surface area contributed by atoms with Gasteiger partial charge in [0.25, 0.3) is 10.0 Å². The Morgan fingerprint density at radius 3 is 2.65 bits per heavy atom. The van der Waals surface area contributed by atoms with Crippen molar-refractivity contribution in [1.29, 1.82) is 0 Å². The number of carbonyl (C=O) groups excluding carboxylic acids is 1. The summed E-state index contributed by atoms with van der Waals surface area (Å²) >= 11 is 1.27. The minimum absolute atomic E-state index is 0.110. The molecule has 1 aromatic carbocycles. The zero-order valence-electron chi connectivity index (χ0n) is 15.3. The number of benzene rings is 1. The molecule has 0 radical (unpaired) electrons. The zero-order valence-corrected chi connectivity index (χ0v) is 16.9. The van der Waals surface area contributed by atoms with Gasteiger partial charge in [0.1, 0.15) is 4.21 Å². The number of amides is 1. The van der Waals surface area contributed by atoms with E-state index in [2.05, 4.69) is 5.32 Å². The lowest BCUT2D eigenvalue weighted by Gasteiger charge is -2.31. The van der Waals surface area contributed by atoms with Crippen molar-refractivity contribution in [1.82, 2.24) is 4.31 Å². The summed E-state index contributed by atoms with van der Waals surface area (Å²) in [5, 5.41) is 2.98. The summed E-state index contributed by atoms with van der Waals surface area (Å²) in [6.07, 6.45) is 1.39. The van der Waals surface area contributed by atoms with Crippen LogP contribution in [0.3, 0.4) is 0 Å². The molecule has 0 saturated carbocycles. The molecule has 26 heavy (non-hydrogen) atoms. The molecule has 7 heteroatoms. The second kappa shape index (κ2) is 7.50. The zero-order chi connectivity index (χ0) is 18.9. The van der Waals surface area contributed by atoms with E-state index in [0.29, 0.717) is 23.6 Å². The van der Waals surface area contributed by atoms with Crippen LogP contribution in [0.1, 0.15) is 28.8 Å². The normalized spacial score (nSPS) is 18.7. The molecule has 0 spiro atoms. The van der Waals surface area contributed by atoms with Crippen molar-refractivity contribution in [3.63, 3.8) is 0 Å². The molecular formula is C19H24N2O3S2. The van der Waals surface area contributed by atoms with Crippen LogP contribution in [0, 0.1) is 26.7 Å². The van der Waals surface area contributed by atoms with Gasteiger partial charge >= 0.3 is 0 Å². The number of hydrogen-bond donors (Lipinski definition) is 1. The number of thiophene rings is 1. The number of sulfonamides is 1. The van der Waals surface area contributed by atoms with Crippen LogP contribution in [0.2, 0.25) is 0 Å². The maximum Gasteiger partial charge on any atom is 0.252 e. The highest BCUT2D eigenvalue weighted by atomic mass is 32.2. The first-order valence-electron chi connectivity index (χ1n) is 8.72. The van der Waals surface area contributed by atoms with Crippen LogP contribution in [0.25, 0.3) is 0 Å². The van der Waals surface area contributed by atoms with Crippen LogP contribution in [0.5, 0.6) is 0 Å². The second-order valence-electron chi connectivity index (χ2n) is 6.80. The maximum absolute atomic E-state index is 12.8. The molecule has 140 valence electrons. The van der Waals surface area contributed by atoms with Crippen molar-refractivity contribution >= 4 is 33.0 Å². The number of aryl methyl sites for hydroxylation is 2. The quantitative estimate of drug-likeness (QED) is 0.862. The first kappa shape index (κ1) is 19.1. The van der Waals surface area contributed by atoms with Crippen LogP contribution in [-0.4, -0.2) is 31.7 Å². The van der Waals surface area contributed by atoms with Crippen LogP contribution >= 0.6 is 11.3 Å². The van der Waals surface area contributed by atoms with Gasteiger partial charge in [0, 0.05) is 23.7 Å². The lowest BCUT2D eigenvalue weighted by atomic mass is 9.98. The van der Waals surface area contributed by atoms with Gasteiger partial charge in [-0.25, -0.2) is 8.42 Å². The van der Waals surface area contributed by atoms with E-state index < -0.39 is 10.0 Å². The van der Waals surface area contributed by atoms with Gasteiger partial charge < -0.3 is 5.32 Å². The molecule has 0 unspecified atom stereocenters. The maximum atomic E-state index is 12.8. The van der Waals surface area contributed by atoms with E-state index in [1.54, 1.807) is 6.07 Å². The Balaban J connectivity index is 1.74. The minimum atomic E-state index is -3.52. The molecule has 1 amide bonds. The smallest absolute Gasteiger partial charge is 0.252 e. The Labute approximate surface area is 159 Å². The largest absolute Gasteiger partial charge is 0.326 e. The summed E-state index contributed by atoms with van der Waals surface area (Å²) in [5.41, 5.74) is 2.95. The monoisotopic (exact) mass is 392 g/mol. The summed E-state index contributed by atoms with van der Waals surface area (Å²) in [5.74, 6) is -0.444. The summed E-state index contributed by atoms with van der Waals surface area (Å²) in [7, 11) is -3.52. The molecule has 0 bridgehead atoms. The van der Waals surface area contributed by atoms with Crippen LogP contribution in [0.4, 0.5) is 5.69 Å². The number of hydrogen-bond acceptors (Lipinski definition) is 4. The number of anilines is 1. The van der Waals surface area contributed by atoms with Crippen LogP contribution < -0.4 is 5.32 Å². The topological polar surface area (TPSA) is 66.5 Å². The fourth-order valence-corrected chi connectivity index (χ4v) is 6.14. The van der Waals surface area contributed by atoms with E-state index in [1.807, 2.05) is 45.0 Å². The third-order valence-electron chi connectivity index (χ3n) is 4.93.